The minimum absolute atomic E-state index is 0.132. The summed E-state index contributed by atoms with van der Waals surface area (Å²) < 4.78 is 0. The van der Waals surface area contributed by atoms with E-state index in [0.717, 1.165) is 0 Å². The second kappa shape index (κ2) is 4.48. The smallest absolute Gasteiger partial charge is 0.293 e. The molecule has 0 atom stereocenters. The van der Waals surface area contributed by atoms with Gasteiger partial charge in [0, 0.05) is 0 Å². The van der Waals surface area contributed by atoms with Gasteiger partial charge in [-0.15, -0.1) is 10.2 Å². The van der Waals surface area contributed by atoms with Gasteiger partial charge in [-0.25, -0.2) is 0 Å². The lowest BCUT2D eigenvalue weighted by Crippen LogP contribution is -2.40. The molecule has 0 bridgehead atoms. The third-order valence-electron chi connectivity index (χ3n) is 1.32. The van der Waals surface area contributed by atoms with Crippen molar-refractivity contribution in [1.82, 2.24) is 25.9 Å². The highest BCUT2D eigenvalue weighted by Gasteiger charge is 2.14. The molecule has 0 aliphatic carbocycles. The molecule has 0 fully saturated rings. The number of H-pyrrole nitrogens is 1. The van der Waals surface area contributed by atoms with Crippen LogP contribution < -0.4 is 5.32 Å². The molecule has 0 unspecified atom stereocenters. The van der Waals surface area contributed by atoms with Crippen LogP contribution in [-0.4, -0.2) is 56.0 Å². The first-order chi connectivity index (χ1) is 6.27. The van der Waals surface area contributed by atoms with Crippen LogP contribution in [0.1, 0.15) is 10.6 Å². The lowest BCUT2D eigenvalue weighted by Gasteiger charge is -2.10. The summed E-state index contributed by atoms with van der Waals surface area (Å²) in [5, 5.41) is 31.7. The maximum atomic E-state index is 11.1. The Bertz CT molecular complexity index is 257. The number of aromatic nitrogens is 4. The second-order valence-electron chi connectivity index (χ2n) is 2.27. The van der Waals surface area contributed by atoms with E-state index in [9.17, 15) is 4.79 Å². The number of nitrogens with one attached hydrogen (secondary N) is 2. The Balaban J connectivity index is 2.50. The number of aromatic amines is 1. The Labute approximate surface area is 73.0 Å². The first-order valence-corrected chi connectivity index (χ1v) is 3.54. The average Bonchev–Trinajstić information content (AvgIpc) is 2.66. The number of carbonyl (C=O) groups excluding carboxylic acids is 1. The molecule has 0 aliphatic heterocycles. The molecule has 72 valence electrons. The van der Waals surface area contributed by atoms with E-state index in [-0.39, 0.29) is 19.0 Å². The zero-order chi connectivity index (χ0) is 9.68. The van der Waals surface area contributed by atoms with Gasteiger partial charge >= 0.3 is 0 Å². The number of rotatable bonds is 4. The van der Waals surface area contributed by atoms with Gasteiger partial charge in [0.25, 0.3) is 11.7 Å². The van der Waals surface area contributed by atoms with E-state index in [0.29, 0.717) is 0 Å². The van der Waals surface area contributed by atoms with Crippen LogP contribution in [0, 0.1) is 0 Å². The quantitative estimate of drug-likeness (QED) is 0.406. The van der Waals surface area contributed by atoms with Crippen LogP contribution in [-0.2, 0) is 0 Å². The zero-order valence-corrected chi connectivity index (χ0v) is 6.64. The van der Waals surface area contributed by atoms with Crippen LogP contribution in [0.5, 0.6) is 0 Å². The van der Waals surface area contributed by atoms with Crippen LogP contribution in [0.15, 0.2) is 0 Å². The van der Waals surface area contributed by atoms with E-state index in [4.69, 9.17) is 10.2 Å². The second-order valence-corrected chi connectivity index (χ2v) is 2.27. The van der Waals surface area contributed by atoms with Crippen LogP contribution in [0.3, 0.4) is 0 Å². The molecule has 8 heteroatoms. The van der Waals surface area contributed by atoms with Gasteiger partial charge in [0.1, 0.15) is 0 Å². The lowest BCUT2D eigenvalue weighted by molar-refractivity contribution is 0.0869. The van der Waals surface area contributed by atoms with E-state index in [1.54, 1.807) is 0 Å². The van der Waals surface area contributed by atoms with Gasteiger partial charge in [0.2, 0.25) is 0 Å². The van der Waals surface area contributed by atoms with Crippen molar-refractivity contribution in [2.45, 2.75) is 6.04 Å². The van der Waals surface area contributed by atoms with Gasteiger partial charge in [0.15, 0.2) is 0 Å². The normalized spacial score (nSPS) is 10.4. The topological polar surface area (TPSA) is 124 Å². The Morgan fingerprint density at radius 3 is 2.69 bits per heavy atom. The molecular weight excluding hydrogens is 178 g/mol. The number of hydrogen-bond acceptors (Lipinski definition) is 6. The number of aliphatic hydroxyl groups excluding tert-OH is 2. The van der Waals surface area contributed by atoms with Gasteiger partial charge in [0.05, 0.1) is 19.3 Å². The number of amides is 1. The van der Waals surface area contributed by atoms with Crippen LogP contribution in [0.4, 0.5) is 0 Å². The standard InChI is InChI=1S/C5H9N5O3/c11-1-3(2-12)6-5(13)4-7-9-10-8-4/h3,11-12H,1-2H2,(H,6,13)(H,7,8,9,10). The van der Waals surface area contributed by atoms with Gasteiger partial charge in [-0.2, -0.15) is 5.21 Å². The van der Waals surface area contributed by atoms with Crippen LogP contribution in [0.2, 0.25) is 0 Å². The van der Waals surface area contributed by atoms with Crippen molar-refractivity contribution >= 4 is 5.91 Å². The first-order valence-electron chi connectivity index (χ1n) is 3.54. The fraction of sp³-hybridized carbons (Fsp3) is 0.600. The fourth-order valence-corrected chi connectivity index (χ4v) is 0.657. The van der Waals surface area contributed by atoms with Crippen molar-refractivity contribution in [3.63, 3.8) is 0 Å². The van der Waals surface area contributed by atoms with Crippen molar-refractivity contribution in [3.05, 3.63) is 5.82 Å². The van der Waals surface area contributed by atoms with E-state index in [1.165, 1.54) is 0 Å². The van der Waals surface area contributed by atoms with Gasteiger partial charge in [-0.05, 0) is 5.21 Å². The molecule has 13 heavy (non-hydrogen) atoms. The van der Waals surface area contributed by atoms with E-state index < -0.39 is 11.9 Å². The maximum absolute atomic E-state index is 11.1. The summed E-state index contributed by atoms with van der Waals surface area (Å²) >= 11 is 0. The summed E-state index contributed by atoms with van der Waals surface area (Å²) in [6.07, 6.45) is 0. The van der Waals surface area contributed by atoms with E-state index >= 15 is 0 Å². The minimum atomic E-state index is -0.703. The number of hydrogen-bond donors (Lipinski definition) is 4. The number of carbonyl (C=O) groups is 1. The van der Waals surface area contributed by atoms with Crippen molar-refractivity contribution in [2.24, 2.45) is 0 Å². The third kappa shape index (κ3) is 2.46. The molecule has 1 aromatic rings. The maximum Gasteiger partial charge on any atom is 0.293 e. The number of aliphatic hydroxyl groups is 2. The zero-order valence-electron chi connectivity index (χ0n) is 6.64. The monoisotopic (exact) mass is 187 g/mol. The summed E-state index contributed by atoms with van der Waals surface area (Å²) in [7, 11) is 0. The minimum Gasteiger partial charge on any atom is -0.394 e. The van der Waals surface area contributed by atoms with Gasteiger partial charge in [-0.3, -0.25) is 4.79 Å². The Hall–Kier alpha value is -1.54. The van der Waals surface area contributed by atoms with Crippen molar-refractivity contribution in [2.75, 3.05) is 13.2 Å². The summed E-state index contributed by atoms with van der Waals surface area (Å²) in [5.41, 5.74) is 0. The van der Waals surface area contributed by atoms with E-state index in [1.807, 2.05) is 0 Å². The largest absolute Gasteiger partial charge is 0.394 e. The fourth-order valence-electron chi connectivity index (χ4n) is 0.657. The first kappa shape index (κ1) is 9.55. The predicted molar refractivity (Wildman–Crippen MR) is 39.6 cm³/mol. The Morgan fingerprint density at radius 2 is 2.23 bits per heavy atom. The average molecular weight is 187 g/mol. The van der Waals surface area contributed by atoms with Gasteiger partial charge in [-0.1, -0.05) is 0 Å². The molecule has 0 aromatic carbocycles. The molecule has 0 radical (unpaired) electrons. The molecule has 1 rings (SSSR count). The molecule has 0 aliphatic rings. The van der Waals surface area contributed by atoms with Crippen molar-refractivity contribution in [3.8, 4) is 0 Å². The highest BCUT2D eigenvalue weighted by molar-refractivity contribution is 5.90. The summed E-state index contributed by atoms with van der Waals surface area (Å²) in [5.74, 6) is -0.728. The SMILES string of the molecule is O=C(NC(CO)CO)c1nn[nH]n1. The molecule has 4 N–H and O–H groups in total. The number of tetrazole rings is 1. The molecule has 1 heterocycles. The van der Waals surface area contributed by atoms with Crippen LogP contribution in [0.25, 0.3) is 0 Å². The lowest BCUT2D eigenvalue weighted by atomic mass is 10.3. The van der Waals surface area contributed by atoms with Crippen LogP contribution >= 0.6 is 0 Å². The van der Waals surface area contributed by atoms with Crippen molar-refractivity contribution in [1.29, 1.82) is 0 Å². The molecular formula is C5H9N5O3. The molecule has 1 amide bonds. The molecule has 1 aromatic heterocycles. The van der Waals surface area contributed by atoms with E-state index in [2.05, 4.69) is 25.9 Å². The third-order valence-corrected chi connectivity index (χ3v) is 1.32. The highest BCUT2D eigenvalue weighted by atomic mass is 16.3. The molecule has 0 saturated carbocycles. The highest BCUT2D eigenvalue weighted by Crippen LogP contribution is 1.86. The summed E-state index contributed by atoms with van der Waals surface area (Å²) in [4.78, 5) is 11.1. The Morgan fingerprint density at radius 1 is 1.54 bits per heavy atom. The molecule has 8 nitrogen and oxygen atoms in total. The predicted octanol–water partition coefficient (Wildman–Crippen LogP) is -2.72. The molecule has 0 spiro atoms. The summed E-state index contributed by atoms with van der Waals surface area (Å²) in [6.45, 7) is -0.694. The molecule has 0 saturated heterocycles. The van der Waals surface area contributed by atoms with Gasteiger partial charge < -0.3 is 15.5 Å². The van der Waals surface area contributed by atoms with Crippen molar-refractivity contribution < 1.29 is 15.0 Å². The number of nitrogens with zero attached hydrogens (tertiary/aromatic N) is 3. The summed E-state index contributed by atoms with van der Waals surface area (Å²) in [6, 6.07) is -0.703. The Kier molecular flexibility index (Phi) is 3.29.